The summed E-state index contributed by atoms with van der Waals surface area (Å²) in [5, 5.41) is 9.88. The van der Waals surface area contributed by atoms with E-state index in [4.69, 9.17) is 5.21 Å². The van der Waals surface area contributed by atoms with E-state index in [1.165, 1.54) is 12.1 Å². The van der Waals surface area contributed by atoms with Gasteiger partial charge in [0.15, 0.2) is 5.78 Å². The van der Waals surface area contributed by atoms with Crippen LogP contribution in [0.1, 0.15) is 38.4 Å². The van der Waals surface area contributed by atoms with Crippen LogP contribution in [-0.4, -0.2) is 59.1 Å². The molecule has 2 aliphatic rings. The maximum absolute atomic E-state index is 13.9. The van der Waals surface area contributed by atoms with E-state index in [0.29, 0.717) is 12.1 Å². The molecule has 1 atom stereocenters. The number of aromatic nitrogens is 1. The van der Waals surface area contributed by atoms with Gasteiger partial charge in [-0.15, -0.1) is 0 Å². The van der Waals surface area contributed by atoms with Gasteiger partial charge in [0, 0.05) is 78.6 Å². The average Bonchev–Trinajstić information content (AvgIpc) is 3.29. The van der Waals surface area contributed by atoms with Crippen molar-refractivity contribution in [3.63, 3.8) is 0 Å². The van der Waals surface area contributed by atoms with Crippen molar-refractivity contribution < 1.29 is 19.2 Å². The largest absolute Gasteiger partial charge is 0.369 e. The Kier molecular flexibility index (Phi) is 6.89. The lowest BCUT2D eigenvalue weighted by atomic mass is 9.84. The van der Waals surface area contributed by atoms with E-state index in [9.17, 15) is 14.0 Å². The molecule has 0 bridgehead atoms. The number of rotatable bonds is 6. The first-order valence-electron chi connectivity index (χ1n) is 13.4. The molecule has 0 spiro atoms. The minimum Gasteiger partial charge on any atom is -0.369 e. The first-order chi connectivity index (χ1) is 19.0. The van der Waals surface area contributed by atoms with E-state index in [-0.39, 0.29) is 17.5 Å². The fourth-order valence-corrected chi connectivity index (χ4v) is 6.05. The van der Waals surface area contributed by atoms with Gasteiger partial charge in [-0.2, -0.15) is 0 Å². The fourth-order valence-electron chi connectivity index (χ4n) is 6.05. The van der Waals surface area contributed by atoms with Crippen LogP contribution in [0.2, 0.25) is 0 Å². The van der Waals surface area contributed by atoms with Gasteiger partial charge in [-0.3, -0.25) is 19.7 Å². The minimum atomic E-state index is -0.543. The van der Waals surface area contributed by atoms with Crippen LogP contribution in [0.25, 0.3) is 10.9 Å². The van der Waals surface area contributed by atoms with E-state index in [1.807, 2.05) is 42.5 Å². The average molecular weight is 527 g/mol. The maximum atomic E-state index is 13.9. The highest BCUT2D eigenvalue weighted by molar-refractivity contribution is 6.11. The molecule has 1 aliphatic carbocycles. The van der Waals surface area contributed by atoms with Gasteiger partial charge in [-0.1, -0.05) is 30.3 Å². The third-order valence-electron chi connectivity index (χ3n) is 8.13. The monoisotopic (exact) mass is 526 g/mol. The molecule has 1 fully saturated rings. The third-order valence-corrected chi connectivity index (χ3v) is 8.13. The Morgan fingerprint density at radius 1 is 0.949 bits per heavy atom. The van der Waals surface area contributed by atoms with Crippen molar-refractivity contribution in [2.75, 3.05) is 37.6 Å². The SMILES string of the molecule is O=C(NO)c1ccc(Cn2c3c(c4ccccc42)C(=O)C(CN2CCN(c4ccc(F)cc4)CC2)CC3)cc1. The van der Waals surface area contributed by atoms with Crippen LogP contribution in [0.5, 0.6) is 0 Å². The zero-order valence-electron chi connectivity index (χ0n) is 21.6. The van der Waals surface area contributed by atoms with Crippen LogP contribution in [0.3, 0.4) is 0 Å². The summed E-state index contributed by atoms with van der Waals surface area (Å²) in [4.78, 5) is 30.2. The number of hydrogen-bond acceptors (Lipinski definition) is 5. The number of carbonyl (C=O) groups excluding carboxylic acids is 2. The van der Waals surface area contributed by atoms with Crippen molar-refractivity contribution in [1.82, 2.24) is 14.9 Å². The summed E-state index contributed by atoms with van der Waals surface area (Å²) in [6.07, 6.45) is 1.65. The lowest BCUT2D eigenvalue weighted by Gasteiger charge is -2.38. The Balaban J connectivity index is 1.18. The molecule has 2 heterocycles. The number of nitrogens with one attached hydrogen (secondary N) is 1. The van der Waals surface area contributed by atoms with Crippen molar-refractivity contribution in [3.8, 4) is 0 Å². The number of carbonyl (C=O) groups is 2. The number of anilines is 1. The number of hydrogen-bond donors (Lipinski definition) is 2. The number of ketones is 1. The maximum Gasteiger partial charge on any atom is 0.274 e. The van der Waals surface area contributed by atoms with Gasteiger partial charge in [0.05, 0.1) is 0 Å². The zero-order chi connectivity index (χ0) is 26.9. The Bertz CT molecular complexity index is 1510. The van der Waals surface area contributed by atoms with Crippen LogP contribution in [-0.2, 0) is 13.0 Å². The minimum absolute atomic E-state index is 0.0367. The molecule has 39 heavy (non-hydrogen) atoms. The second-order valence-electron chi connectivity index (χ2n) is 10.4. The van der Waals surface area contributed by atoms with Crippen molar-refractivity contribution in [3.05, 3.63) is 101 Å². The predicted octanol–water partition coefficient (Wildman–Crippen LogP) is 4.52. The number of halogens is 1. The van der Waals surface area contributed by atoms with Crippen LogP contribution in [0.4, 0.5) is 10.1 Å². The molecule has 1 aromatic heterocycles. The van der Waals surface area contributed by atoms with E-state index in [2.05, 4.69) is 20.4 Å². The molecular formula is C31H31FN4O3. The van der Waals surface area contributed by atoms with Crippen LogP contribution in [0.15, 0.2) is 72.8 Å². The predicted molar refractivity (Wildman–Crippen MR) is 148 cm³/mol. The van der Waals surface area contributed by atoms with E-state index < -0.39 is 5.91 Å². The van der Waals surface area contributed by atoms with Gasteiger partial charge in [-0.05, 0) is 60.9 Å². The second-order valence-corrected chi connectivity index (χ2v) is 10.4. The van der Waals surface area contributed by atoms with Crippen molar-refractivity contribution >= 4 is 28.3 Å². The summed E-state index contributed by atoms with van der Waals surface area (Å²) in [5.41, 5.74) is 7.07. The highest BCUT2D eigenvalue weighted by Gasteiger charge is 2.34. The van der Waals surface area contributed by atoms with Crippen LogP contribution in [0, 0.1) is 11.7 Å². The first kappa shape index (κ1) is 25.3. The van der Waals surface area contributed by atoms with Crippen molar-refractivity contribution in [2.24, 2.45) is 5.92 Å². The molecular weight excluding hydrogens is 495 g/mol. The lowest BCUT2D eigenvalue weighted by Crippen LogP contribution is -2.49. The molecule has 7 nitrogen and oxygen atoms in total. The Morgan fingerprint density at radius 3 is 2.38 bits per heavy atom. The number of benzene rings is 3. The normalized spacial score (nSPS) is 17.8. The zero-order valence-corrected chi connectivity index (χ0v) is 21.6. The summed E-state index contributed by atoms with van der Waals surface area (Å²) in [7, 11) is 0. The Morgan fingerprint density at radius 2 is 1.67 bits per heavy atom. The number of piperazine rings is 1. The molecule has 4 aromatic rings. The molecule has 0 saturated carbocycles. The summed E-state index contributed by atoms with van der Waals surface area (Å²) in [5.74, 6) is -0.578. The number of nitrogens with zero attached hydrogens (tertiary/aromatic N) is 3. The highest BCUT2D eigenvalue weighted by Crippen LogP contribution is 2.35. The van der Waals surface area contributed by atoms with Gasteiger partial charge >= 0.3 is 0 Å². The topological polar surface area (TPSA) is 77.8 Å². The van der Waals surface area contributed by atoms with Gasteiger partial charge < -0.3 is 9.47 Å². The molecule has 200 valence electrons. The standard InChI is InChI=1S/C31H31FN4O3/c32-24-10-12-25(13-11-24)35-17-15-34(16-18-35)20-23-9-14-28-29(30(23)37)26-3-1-2-4-27(26)36(28)19-21-5-7-22(8-6-21)31(38)33-39/h1-8,10-13,23,39H,9,14-20H2,(H,33,38). The van der Waals surface area contributed by atoms with Gasteiger partial charge in [0.25, 0.3) is 5.91 Å². The lowest BCUT2D eigenvalue weighted by molar-refractivity contribution is 0.0706. The quantitative estimate of drug-likeness (QED) is 0.286. The number of amides is 1. The van der Waals surface area contributed by atoms with Gasteiger partial charge in [0.2, 0.25) is 0 Å². The van der Waals surface area contributed by atoms with Crippen LogP contribution < -0.4 is 10.4 Å². The number of para-hydroxylation sites is 1. The molecule has 3 aromatic carbocycles. The number of Topliss-reactive ketones (excluding diaryl/α,β-unsaturated/α-hetero) is 1. The number of hydroxylamine groups is 1. The molecule has 2 N–H and O–H groups in total. The summed E-state index contributed by atoms with van der Waals surface area (Å²) < 4.78 is 15.5. The Hall–Kier alpha value is -4.01. The summed E-state index contributed by atoms with van der Waals surface area (Å²) in [6, 6.07) is 21.9. The molecule has 1 unspecified atom stereocenters. The van der Waals surface area contributed by atoms with E-state index in [0.717, 1.165) is 79.0 Å². The fraction of sp³-hybridized carbons (Fsp3) is 0.290. The molecule has 1 saturated heterocycles. The van der Waals surface area contributed by atoms with E-state index >= 15 is 0 Å². The molecule has 6 rings (SSSR count). The van der Waals surface area contributed by atoms with Crippen molar-refractivity contribution in [2.45, 2.75) is 19.4 Å². The molecule has 1 aliphatic heterocycles. The van der Waals surface area contributed by atoms with Gasteiger partial charge in [-0.25, -0.2) is 9.87 Å². The van der Waals surface area contributed by atoms with Crippen molar-refractivity contribution in [1.29, 1.82) is 0 Å². The van der Waals surface area contributed by atoms with Gasteiger partial charge in [0.1, 0.15) is 5.82 Å². The molecule has 1 amide bonds. The third kappa shape index (κ3) is 4.93. The van der Waals surface area contributed by atoms with E-state index in [1.54, 1.807) is 17.6 Å². The number of fused-ring (bicyclic) bond motifs is 3. The molecule has 0 radical (unpaired) electrons. The van der Waals surface area contributed by atoms with Crippen LogP contribution >= 0.6 is 0 Å². The summed E-state index contributed by atoms with van der Waals surface area (Å²) in [6.45, 7) is 4.81. The second kappa shape index (κ2) is 10.6. The first-order valence-corrected chi connectivity index (χ1v) is 13.4. The Labute approximate surface area is 226 Å². The smallest absolute Gasteiger partial charge is 0.274 e. The summed E-state index contributed by atoms with van der Waals surface area (Å²) >= 11 is 0. The molecule has 8 heteroatoms. The highest BCUT2D eigenvalue weighted by atomic mass is 19.1.